The quantitative estimate of drug-likeness (QED) is 0.284. The van der Waals surface area contributed by atoms with E-state index in [4.69, 9.17) is 9.16 Å². The van der Waals surface area contributed by atoms with E-state index < -0.39 is 13.2 Å². The predicted octanol–water partition coefficient (Wildman–Crippen LogP) is 3.92. The molecule has 0 saturated heterocycles. The van der Waals surface area contributed by atoms with Crippen LogP contribution in [0.1, 0.15) is 38.6 Å². The van der Waals surface area contributed by atoms with Crippen LogP contribution in [0.3, 0.4) is 0 Å². The van der Waals surface area contributed by atoms with E-state index in [1.54, 1.807) is 18.7 Å². The molecule has 2 aromatic rings. The lowest BCUT2D eigenvalue weighted by Gasteiger charge is -2.36. The smallest absolute Gasteiger partial charge is 0.353 e. The summed E-state index contributed by atoms with van der Waals surface area (Å²) in [6.45, 7) is 15.3. The normalized spacial score (nSPS) is 12.4. The third-order valence-electron chi connectivity index (χ3n) is 5.23. The van der Waals surface area contributed by atoms with Gasteiger partial charge in [0.05, 0.1) is 17.2 Å². The van der Waals surface area contributed by atoms with Gasteiger partial charge in [-0.15, -0.1) is 5.10 Å². The lowest BCUT2D eigenvalue weighted by atomic mass is 10.2. The van der Waals surface area contributed by atoms with Gasteiger partial charge in [0.15, 0.2) is 14.1 Å². The lowest BCUT2D eigenvalue weighted by Crippen LogP contribution is -2.41. The Bertz CT molecular complexity index is 851. The Balaban J connectivity index is 2.09. The van der Waals surface area contributed by atoms with Gasteiger partial charge in [0.1, 0.15) is 5.69 Å². The molecule has 2 rings (SSSR count). The molecule has 0 bridgehead atoms. The summed E-state index contributed by atoms with van der Waals surface area (Å²) in [4.78, 5) is 11.1. The van der Waals surface area contributed by atoms with Crippen LogP contribution in [0.15, 0.2) is 6.07 Å². The number of hydrogen-bond acceptors (Lipinski definition) is 6. The van der Waals surface area contributed by atoms with Gasteiger partial charge in [-0.1, -0.05) is 20.8 Å². The molecule has 0 fully saturated rings. The van der Waals surface area contributed by atoms with Crippen LogP contribution >= 0.6 is 0 Å². The van der Waals surface area contributed by atoms with Crippen LogP contribution in [-0.4, -0.2) is 46.0 Å². The molecule has 0 aliphatic heterocycles. The van der Waals surface area contributed by atoms with Gasteiger partial charge in [-0.3, -0.25) is 14.8 Å². The van der Waals surface area contributed by atoms with Crippen LogP contribution in [-0.2, 0) is 11.5 Å². The fourth-order valence-corrected chi connectivity index (χ4v) is 3.65. The molecule has 0 atom stereocenters. The van der Waals surface area contributed by atoms with Crippen molar-refractivity contribution in [3.8, 4) is 11.7 Å². The maximum atomic E-state index is 11.5. The first-order chi connectivity index (χ1) is 12.8. The summed E-state index contributed by atoms with van der Waals surface area (Å²) >= 11 is 0. The highest BCUT2D eigenvalue weighted by molar-refractivity contribution is 6.74. The minimum Gasteiger partial charge on any atom is -0.472 e. The van der Waals surface area contributed by atoms with Crippen molar-refractivity contribution in [1.29, 1.82) is 0 Å². The fraction of sp³-hybridized carbons (Fsp3) is 0.667. The fourth-order valence-electron chi connectivity index (χ4n) is 2.57. The third kappa shape index (κ3) is 4.61. The minimum absolute atomic E-state index is 0.0219. The summed E-state index contributed by atoms with van der Waals surface area (Å²) < 4.78 is 14.9. The third-order valence-corrected chi connectivity index (χ3v) is 9.77. The maximum absolute atomic E-state index is 11.5. The highest BCUT2D eigenvalue weighted by atomic mass is 28.4. The second-order valence-electron chi connectivity index (χ2n) is 8.49. The lowest BCUT2D eigenvalue weighted by molar-refractivity contribution is -0.386. The number of ether oxygens (including phenoxy) is 1. The van der Waals surface area contributed by atoms with Crippen LogP contribution in [0.4, 0.5) is 5.69 Å². The minimum atomic E-state index is -1.81. The van der Waals surface area contributed by atoms with Crippen LogP contribution < -0.4 is 4.74 Å². The molecule has 0 aromatic carbocycles. The van der Waals surface area contributed by atoms with Crippen LogP contribution in [0.25, 0.3) is 5.82 Å². The second kappa shape index (κ2) is 8.04. The van der Waals surface area contributed by atoms with Gasteiger partial charge < -0.3 is 9.16 Å². The van der Waals surface area contributed by atoms with Crippen LogP contribution in [0.2, 0.25) is 18.1 Å². The summed E-state index contributed by atoms with van der Waals surface area (Å²) in [6.07, 6.45) is 0.639. The highest BCUT2D eigenvalue weighted by Gasteiger charge is 2.36. The Labute approximate surface area is 166 Å². The molecule has 0 unspecified atom stereocenters. The molecular weight excluding hydrogens is 378 g/mol. The van der Waals surface area contributed by atoms with Crippen molar-refractivity contribution < 1.29 is 14.1 Å². The van der Waals surface area contributed by atoms with Crippen molar-refractivity contribution in [3.63, 3.8) is 0 Å². The van der Waals surface area contributed by atoms with Gasteiger partial charge in [-0.2, -0.15) is 5.10 Å². The molecule has 0 radical (unpaired) electrons. The van der Waals surface area contributed by atoms with Gasteiger partial charge in [-0.05, 0) is 32.0 Å². The Morgan fingerprint density at radius 3 is 2.36 bits per heavy atom. The van der Waals surface area contributed by atoms with Crippen molar-refractivity contribution >= 4 is 14.0 Å². The van der Waals surface area contributed by atoms with Gasteiger partial charge in [0.2, 0.25) is 0 Å². The molecule has 2 heterocycles. The van der Waals surface area contributed by atoms with Crippen LogP contribution in [0.5, 0.6) is 5.88 Å². The van der Waals surface area contributed by atoms with Crippen molar-refractivity contribution in [3.05, 3.63) is 27.6 Å². The van der Waals surface area contributed by atoms with E-state index in [-0.39, 0.29) is 16.6 Å². The van der Waals surface area contributed by atoms with E-state index in [0.29, 0.717) is 31.1 Å². The molecule has 156 valence electrons. The zero-order valence-corrected chi connectivity index (χ0v) is 19.1. The molecule has 0 spiro atoms. The summed E-state index contributed by atoms with van der Waals surface area (Å²) in [5.41, 5.74) is 1.09. The number of rotatable bonds is 8. The molecule has 9 nitrogen and oxygen atoms in total. The van der Waals surface area contributed by atoms with E-state index in [0.717, 1.165) is 5.69 Å². The average Bonchev–Trinajstić information content (AvgIpc) is 3.04. The first-order valence-electron chi connectivity index (χ1n) is 9.37. The summed E-state index contributed by atoms with van der Waals surface area (Å²) in [5, 5.41) is 20.3. The molecule has 0 saturated carbocycles. The van der Waals surface area contributed by atoms with Gasteiger partial charge >= 0.3 is 11.6 Å². The molecule has 0 N–H and O–H groups in total. The first-order valence-corrected chi connectivity index (χ1v) is 12.3. The first kappa shape index (κ1) is 22.1. The average molecular weight is 410 g/mol. The second-order valence-corrected chi connectivity index (χ2v) is 13.3. The van der Waals surface area contributed by atoms with E-state index in [2.05, 4.69) is 44.1 Å². The molecule has 0 aliphatic carbocycles. The van der Waals surface area contributed by atoms with Crippen molar-refractivity contribution in [1.82, 2.24) is 19.6 Å². The van der Waals surface area contributed by atoms with E-state index in [9.17, 15) is 10.1 Å². The number of aromatic nitrogens is 4. The molecule has 28 heavy (non-hydrogen) atoms. The van der Waals surface area contributed by atoms with Gasteiger partial charge in [0.25, 0.3) is 0 Å². The van der Waals surface area contributed by atoms with Crippen LogP contribution in [0, 0.1) is 24.0 Å². The molecular formula is C18H31N5O4Si. The molecule has 0 amide bonds. The van der Waals surface area contributed by atoms with E-state index in [1.165, 1.54) is 4.68 Å². The van der Waals surface area contributed by atoms with Crippen molar-refractivity contribution in [2.75, 3.05) is 13.2 Å². The zero-order chi connectivity index (χ0) is 21.3. The monoisotopic (exact) mass is 409 g/mol. The number of nitrogens with zero attached hydrogens (tertiary/aromatic N) is 5. The Morgan fingerprint density at radius 1 is 1.21 bits per heavy atom. The standard InChI is InChI=1S/C18H31N5O4Si/c1-13-12-15(21(6)19-13)22-14(2)16(23(24)25)17(20-22)26-10-9-11-27-28(7,8)18(3,4)5/h12H,9-11H2,1-8H3. The van der Waals surface area contributed by atoms with Gasteiger partial charge in [-0.25, -0.2) is 4.68 Å². The van der Waals surface area contributed by atoms with E-state index >= 15 is 0 Å². The largest absolute Gasteiger partial charge is 0.472 e. The topological polar surface area (TPSA) is 97.2 Å². The number of hydrogen-bond donors (Lipinski definition) is 0. The molecule has 2 aromatic heterocycles. The summed E-state index contributed by atoms with van der Waals surface area (Å²) in [5.74, 6) is 0.669. The Hall–Kier alpha value is -2.20. The predicted molar refractivity (Wildman–Crippen MR) is 110 cm³/mol. The SMILES string of the molecule is Cc1cc(-n2nc(OCCCO[Si](C)(C)C(C)(C)C)c([N+](=O)[O-])c2C)n(C)n1. The number of nitro groups is 1. The zero-order valence-electron chi connectivity index (χ0n) is 18.1. The maximum Gasteiger partial charge on any atom is 0.353 e. The summed E-state index contributed by atoms with van der Waals surface area (Å²) in [6, 6.07) is 1.82. The van der Waals surface area contributed by atoms with E-state index in [1.807, 2.05) is 13.0 Å². The van der Waals surface area contributed by atoms with Crippen molar-refractivity contribution in [2.24, 2.45) is 7.05 Å². The number of aryl methyl sites for hydroxylation is 2. The Morgan fingerprint density at radius 2 is 1.86 bits per heavy atom. The molecule has 10 heteroatoms. The van der Waals surface area contributed by atoms with Gasteiger partial charge in [0, 0.05) is 26.1 Å². The molecule has 0 aliphatic rings. The highest BCUT2D eigenvalue weighted by Crippen LogP contribution is 2.36. The summed E-state index contributed by atoms with van der Waals surface area (Å²) in [7, 11) is -0.0373. The Kier molecular flexibility index (Phi) is 6.34. The van der Waals surface area contributed by atoms with Crippen molar-refractivity contribution in [2.45, 2.75) is 59.2 Å².